The molecular formula is C20H19FN4O3S. The van der Waals surface area contributed by atoms with Crippen LogP contribution in [0.25, 0.3) is 0 Å². The quantitative estimate of drug-likeness (QED) is 0.595. The van der Waals surface area contributed by atoms with Crippen LogP contribution in [-0.4, -0.2) is 24.5 Å². The van der Waals surface area contributed by atoms with Gasteiger partial charge in [0.15, 0.2) is 15.7 Å². The molecule has 1 aliphatic heterocycles. The van der Waals surface area contributed by atoms with Crippen LogP contribution in [0.15, 0.2) is 53.4 Å². The molecule has 0 saturated heterocycles. The van der Waals surface area contributed by atoms with Crippen LogP contribution in [0, 0.1) is 12.7 Å². The van der Waals surface area contributed by atoms with Gasteiger partial charge in [0.25, 0.3) is 0 Å². The number of nitrogens with zero attached hydrogens (tertiary/aromatic N) is 1. The van der Waals surface area contributed by atoms with Crippen molar-refractivity contribution in [2.75, 3.05) is 5.32 Å². The third kappa shape index (κ3) is 3.79. The predicted octanol–water partition coefficient (Wildman–Crippen LogP) is 2.61. The van der Waals surface area contributed by atoms with Gasteiger partial charge in [0.05, 0.1) is 22.6 Å². The fourth-order valence-corrected chi connectivity index (χ4v) is 5.16. The summed E-state index contributed by atoms with van der Waals surface area (Å²) in [4.78, 5) is 12.6. The molecule has 2 aromatic carbocycles. The molecular weight excluding hydrogens is 395 g/mol. The number of aryl methyl sites for hydroxylation is 1. The minimum Gasteiger partial charge on any atom is -0.309 e. The van der Waals surface area contributed by atoms with E-state index in [0.717, 1.165) is 5.56 Å². The first-order valence-corrected chi connectivity index (χ1v) is 10.5. The van der Waals surface area contributed by atoms with E-state index in [2.05, 4.69) is 20.8 Å². The number of aromatic amines is 1. The lowest BCUT2D eigenvalue weighted by atomic mass is 10.1. The Bertz CT molecular complexity index is 1190. The lowest BCUT2D eigenvalue weighted by molar-refractivity contribution is -0.115. The van der Waals surface area contributed by atoms with Gasteiger partial charge in [-0.2, -0.15) is 5.10 Å². The largest absolute Gasteiger partial charge is 0.309 e. The summed E-state index contributed by atoms with van der Waals surface area (Å²) in [6.07, 6.45) is -0.0535. The molecule has 9 heteroatoms. The van der Waals surface area contributed by atoms with Crippen molar-refractivity contribution in [3.63, 3.8) is 0 Å². The highest BCUT2D eigenvalue weighted by Crippen LogP contribution is 2.37. The molecule has 29 heavy (non-hydrogen) atoms. The Morgan fingerprint density at radius 2 is 2.03 bits per heavy atom. The SMILES string of the molecule is Cc1cccc(S(=O)(=O)C2NCc3[nH]nc(NC(=O)Cc4cccc(F)c4)c32)c1. The van der Waals surface area contributed by atoms with E-state index in [-0.39, 0.29) is 23.7 Å². The molecule has 4 rings (SSSR count). The highest BCUT2D eigenvalue weighted by molar-refractivity contribution is 7.91. The van der Waals surface area contributed by atoms with Gasteiger partial charge in [0.1, 0.15) is 11.2 Å². The molecule has 3 aromatic rings. The maximum absolute atomic E-state index is 13.3. The molecule has 0 bridgehead atoms. The molecule has 2 heterocycles. The first kappa shape index (κ1) is 19.3. The molecule has 1 unspecified atom stereocenters. The highest BCUT2D eigenvalue weighted by atomic mass is 32.2. The number of halogens is 1. The zero-order valence-corrected chi connectivity index (χ0v) is 16.4. The monoisotopic (exact) mass is 414 g/mol. The van der Waals surface area contributed by atoms with Crippen LogP contribution in [0.4, 0.5) is 10.2 Å². The van der Waals surface area contributed by atoms with Crippen molar-refractivity contribution in [1.82, 2.24) is 15.5 Å². The van der Waals surface area contributed by atoms with Gasteiger partial charge in [-0.25, -0.2) is 12.8 Å². The van der Waals surface area contributed by atoms with E-state index in [4.69, 9.17) is 0 Å². The third-order valence-corrected chi connectivity index (χ3v) is 6.68. The van der Waals surface area contributed by atoms with Crippen LogP contribution in [0.1, 0.15) is 27.8 Å². The standard InChI is InChI=1S/C20H19FN4O3S/c1-12-4-2-7-15(8-12)29(27,28)20-18-16(11-22-20)24-25-19(18)23-17(26)10-13-5-3-6-14(21)9-13/h2-9,20,22H,10-11H2,1H3,(H2,23,24,25,26). The van der Waals surface area contributed by atoms with Crippen molar-refractivity contribution < 1.29 is 17.6 Å². The summed E-state index contributed by atoms with van der Waals surface area (Å²) in [5, 5.41) is 11.4. The summed E-state index contributed by atoms with van der Waals surface area (Å²) in [6, 6.07) is 12.4. The molecule has 1 amide bonds. The summed E-state index contributed by atoms with van der Waals surface area (Å²) in [6.45, 7) is 2.11. The molecule has 7 nitrogen and oxygen atoms in total. The number of hydrogen-bond donors (Lipinski definition) is 3. The van der Waals surface area contributed by atoms with Crippen LogP contribution in [0.2, 0.25) is 0 Å². The van der Waals surface area contributed by atoms with Crippen LogP contribution < -0.4 is 10.6 Å². The Hall–Kier alpha value is -3.04. The summed E-state index contributed by atoms with van der Waals surface area (Å²) < 4.78 is 39.6. The Kier molecular flexibility index (Phi) is 4.93. The summed E-state index contributed by atoms with van der Waals surface area (Å²) in [5.74, 6) is -0.680. The second-order valence-corrected chi connectivity index (χ2v) is 8.97. The fourth-order valence-electron chi connectivity index (χ4n) is 3.40. The van der Waals surface area contributed by atoms with Gasteiger partial charge in [0, 0.05) is 6.54 Å². The number of fused-ring (bicyclic) bond motifs is 1. The van der Waals surface area contributed by atoms with Gasteiger partial charge in [-0.05, 0) is 42.3 Å². The smallest absolute Gasteiger partial charge is 0.230 e. The number of anilines is 1. The first-order chi connectivity index (χ1) is 13.8. The molecule has 1 aliphatic rings. The Labute approximate surface area is 167 Å². The number of aromatic nitrogens is 2. The van der Waals surface area contributed by atoms with Crippen molar-refractivity contribution in [1.29, 1.82) is 0 Å². The molecule has 0 spiro atoms. The normalized spacial score (nSPS) is 15.9. The van der Waals surface area contributed by atoms with Gasteiger partial charge >= 0.3 is 0 Å². The van der Waals surface area contributed by atoms with E-state index in [1.807, 2.05) is 13.0 Å². The minimum absolute atomic E-state index is 0.0535. The topological polar surface area (TPSA) is 104 Å². The van der Waals surface area contributed by atoms with E-state index in [0.29, 0.717) is 16.8 Å². The van der Waals surface area contributed by atoms with Crippen LogP contribution in [-0.2, 0) is 27.6 Å². The van der Waals surface area contributed by atoms with Crippen molar-refractivity contribution in [3.8, 4) is 0 Å². The Balaban J connectivity index is 1.59. The number of nitrogens with one attached hydrogen (secondary N) is 3. The van der Waals surface area contributed by atoms with E-state index in [1.165, 1.54) is 18.2 Å². The van der Waals surface area contributed by atoms with Crippen LogP contribution in [0.5, 0.6) is 0 Å². The number of carbonyl (C=O) groups is 1. The van der Waals surface area contributed by atoms with E-state index < -0.39 is 26.9 Å². The molecule has 0 radical (unpaired) electrons. The minimum atomic E-state index is -3.74. The Morgan fingerprint density at radius 1 is 1.24 bits per heavy atom. The predicted molar refractivity (Wildman–Crippen MR) is 105 cm³/mol. The number of carbonyl (C=O) groups excluding carboxylic acids is 1. The lowest BCUT2D eigenvalue weighted by Crippen LogP contribution is -2.24. The molecule has 150 valence electrons. The van der Waals surface area contributed by atoms with Crippen molar-refractivity contribution in [2.24, 2.45) is 0 Å². The zero-order valence-electron chi connectivity index (χ0n) is 15.6. The van der Waals surface area contributed by atoms with Crippen LogP contribution in [0.3, 0.4) is 0 Å². The average molecular weight is 414 g/mol. The molecule has 0 fully saturated rings. The number of sulfone groups is 1. The summed E-state index contributed by atoms with van der Waals surface area (Å²) in [5.41, 5.74) is 2.35. The van der Waals surface area contributed by atoms with Gasteiger partial charge in [0.2, 0.25) is 5.91 Å². The van der Waals surface area contributed by atoms with Crippen molar-refractivity contribution in [3.05, 3.63) is 76.7 Å². The number of rotatable bonds is 5. The summed E-state index contributed by atoms with van der Waals surface area (Å²) >= 11 is 0. The Morgan fingerprint density at radius 3 is 2.79 bits per heavy atom. The highest BCUT2D eigenvalue weighted by Gasteiger charge is 2.38. The molecule has 1 aromatic heterocycles. The average Bonchev–Trinajstić information content (AvgIpc) is 3.25. The van der Waals surface area contributed by atoms with Gasteiger partial charge in [-0.3, -0.25) is 15.2 Å². The number of benzene rings is 2. The number of H-pyrrole nitrogens is 1. The number of hydrogen-bond acceptors (Lipinski definition) is 5. The van der Waals surface area contributed by atoms with Crippen molar-refractivity contribution in [2.45, 2.75) is 30.2 Å². The van der Waals surface area contributed by atoms with Crippen molar-refractivity contribution >= 4 is 21.6 Å². The lowest BCUT2D eigenvalue weighted by Gasteiger charge is -2.15. The van der Waals surface area contributed by atoms with E-state index in [9.17, 15) is 17.6 Å². The molecule has 1 atom stereocenters. The fraction of sp³-hybridized carbons (Fsp3) is 0.200. The number of amides is 1. The van der Waals surface area contributed by atoms with Crippen LogP contribution >= 0.6 is 0 Å². The van der Waals surface area contributed by atoms with Gasteiger partial charge < -0.3 is 5.32 Å². The molecule has 0 saturated carbocycles. The van der Waals surface area contributed by atoms with E-state index >= 15 is 0 Å². The first-order valence-electron chi connectivity index (χ1n) is 9.00. The maximum Gasteiger partial charge on any atom is 0.230 e. The third-order valence-electron chi connectivity index (χ3n) is 4.75. The van der Waals surface area contributed by atoms with E-state index in [1.54, 1.807) is 24.3 Å². The summed E-state index contributed by atoms with van der Waals surface area (Å²) in [7, 11) is -3.74. The second-order valence-electron chi connectivity index (χ2n) is 6.94. The van der Waals surface area contributed by atoms with Gasteiger partial charge in [-0.1, -0.05) is 24.3 Å². The molecule has 3 N–H and O–H groups in total. The maximum atomic E-state index is 13.3. The van der Waals surface area contributed by atoms with Gasteiger partial charge in [-0.15, -0.1) is 0 Å². The second kappa shape index (κ2) is 7.41. The molecule has 0 aliphatic carbocycles. The zero-order chi connectivity index (χ0) is 20.6.